The molecule has 0 spiro atoms. The number of hydrogen-bond acceptors (Lipinski definition) is 5. The van der Waals surface area contributed by atoms with E-state index in [1.54, 1.807) is 18.5 Å². The zero-order chi connectivity index (χ0) is 12.3. The fourth-order valence-corrected chi connectivity index (χ4v) is 1.27. The second-order valence-electron chi connectivity index (χ2n) is 3.22. The molecule has 0 radical (unpaired) electrons. The Bertz CT molecular complexity index is 550. The van der Waals surface area contributed by atoms with E-state index in [2.05, 4.69) is 20.4 Å². The van der Waals surface area contributed by atoms with Crippen LogP contribution in [0.25, 0.3) is 5.82 Å². The molecule has 0 saturated carbocycles. The second-order valence-corrected chi connectivity index (χ2v) is 3.22. The number of rotatable bonds is 3. The van der Waals surface area contributed by atoms with Crippen LogP contribution < -0.4 is 5.32 Å². The van der Waals surface area contributed by atoms with Crippen molar-refractivity contribution >= 4 is 18.0 Å². The van der Waals surface area contributed by atoms with Crippen LogP contribution in [0.15, 0.2) is 24.5 Å². The van der Waals surface area contributed by atoms with Crippen LogP contribution in [0.4, 0.5) is 5.82 Å². The van der Waals surface area contributed by atoms with Crippen LogP contribution in [-0.2, 0) is 4.79 Å². The maximum atomic E-state index is 10.9. The molecule has 0 aliphatic rings. The smallest absolute Gasteiger partial charge is 0.222 e. The Balaban J connectivity index is 2.45. The van der Waals surface area contributed by atoms with Gasteiger partial charge in [-0.15, -0.1) is 0 Å². The summed E-state index contributed by atoms with van der Waals surface area (Å²) in [4.78, 5) is 29.4. The van der Waals surface area contributed by atoms with Gasteiger partial charge in [0.1, 0.15) is 5.82 Å². The maximum Gasteiger partial charge on any atom is 0.222 e. The Labute approximate surface area is 96.5 Å². The first-order valence-electron chi connectivity index (χ1n) is 4.81. The maximum absolute atomic E-state index is 10.9. The summed E-state index contributed by atoms with van der Waals surface area (Å²) >= 11 is 0. The van der Waals surface area contributed by atoms with Crippen molar-refractivity contribution in [3.05, 3.63) is 30.4 Å². The number of nitrogens with one attached hydrogen (secondary N) is 1. The van der Waals surface area contributed by atoms with E-state index in [-0.39, 0.29) is 17.5 Å². The fourth-order valence-electron chi connectivity index (χ4n) is 1.27. The third kappa shape index (κ3) is 2.51. The molecule has 0 aliphatic carbocycles. The third-order valence-corrected chi connectivity index (χ3v) is 1.88. The molecule has 1 N–H and O–H groups in total. The first-order chi connectivity index (χ1) is 8.19. The largest absolute Gasteiger partial charge is 0.311 e. The number of carbonyl (C=O) groups excluding carboxylic acids is 2. The van der Waals surface area contributed by atoms with Crippen LogP contribution in [0, 0.1) is 0 Å². The van der Waals surface area contributed by atoms with Gasteiger partial charge in [0, 0.05) is 25.4 Å². The molecule has 7 nitrogen and oxygen atoms in total. The van der Waals surface area contributed by atoms with Crippen molar-refractivity contribution in [1.82, 2.24) is 19.7 Å². The lowest BCUT2D eigenvalue weighted by Gasteiger charge is -2.05. The molecule has 0 atom stereocenters. The van der Waals surface area contributed by atoms with Gasteiger partial charge in [0.05, 0.1) is 0 Å². The Hall–Kier alpha value is -2.57. The van der Waals surface area contributed by atoms with E-state index >= 15 is 0 Å². The molecular formula is C10H9N5O2. The fraction of sp³-hybridized carbons (Fsp3) is 0.100. The molecule has 2 heterocycles. The zero-order valence-electron chi connectivity index (χ0n) is 8.99. The average molecular weight is 231 g/mol. The normalized spacial score (nSPS) is 9.94. The summed E-state index contributed by atoms with van der Waals surface area (Å²) in [6.07, 6.45) is 3.77. The molecule has 0 aliphatic heterocycles. The van der Waals surface area contributed by atoms with Crippen molar-refractivity contribution in [3.8, 4) is 5.82 Å². The molecule has 0 saturated heterocycles. The minimum Gasteiger partial charge on any atom is -0.311 e. The highest BCUT2D eigenvalue weighted by molar-refractivity contribution is 5.88. The van der Waals surface area contributed by atoms with Gasteiger partial charge in [0.2, 0.25) is 5.91 Å². The molecule has 2 aromatic heterocycles. The van der Waals surface area contributed by atoms with E-state index in [1.165, 1.54) is 17.7 Å². The van der Waals surface area contributed by atoms with E-state index in [1.807, 2.05) is 0 Å². The molecule has 86 valence electrons. The van der Waals surface area contributed by atoms with Crippen molar-refractivity contribution in [2.24, 2.45) is 0 Å². The third-order valence-electron chi connectivity index (χ3n) is 1.88. The van der Waals surface area contributed by atoms with Crippen molar-refractivity contribution < 1.29 is 9.59 Å². The lowest BCUT2D eigenvalue weighted by molar-refractivity contribution is -0.114. The summed E-state index contributed by atoms with van der Waals surface area (Å²) in [5, 5.41) is 6.47. The van der Waals surface area contributed by atoms with Gasteiger partial charge in [-0.2, -0.15) is 5.10 Å². The van der Waals surface area contributed by atoms with Crippen LogP contribution >= 0.6 is 0 Å². The minimum atomic E-state index is -0.271. The molecule has 2 rings (SSSR count). The van der Waals surface area contributed by atoms with Gasteiger partial charge in [-0.3, -0.25) is 9.59 Å². The zero-order valence-corrected chi connectivity index (χ0v) is 8.99. The highest BCUT2D eigenvalue weighted by atomic mass is 16.1. The van der Waals surface area contributed by atoms with E-state index in [0.29, 0.717) is 12.1 Å². The van der Waals surface area contributed by atoms with Crippen LogP contribution in [0.3, 0.4) is 0 Å². The minimum absolute atomic E-state index is 0.0123. The summed E-state index contributed by atoms with van der Waals surface area (Å²) in [6.45, 7) is 1.36. The lowest BCUT2D eigenvalue weighted by Crippen LogP contribution is -2.11. The molecule has 0 fully saturated rings. The Morgan fingerprint density at radius 2 is 2.29 bits per heavy atom. The predicted octanol–water partition coefficient (Wildman–Crippen LogP) is 0.433. The SMILES string of the molecule is CC(=O)Nc1cc(-n2cccn2)nc(C=O)n1. The molecule has 0 bridgehead atoms. The summed E-state index contributed by atoms with van der Waals surface area (Å²) in [7, 11) is 0. The number of carbonyl (C=O) groups is 2. The molecule has 7 heteroatoms. The topological polar surface area (TPSA) is 89.8 Å². The van der Waals surface area contributed by atoms with Gasteiger partial charge < -0.3 is 5.32 Å². The molecule has 17 heavy (non-hydrogen) atoms. The summed E-state index contributed by atoms with van der Waals surface area (Å²) in [6, 6.07) is 3.25. The average Bonchev–Trinajstić information content (AvgIpc) is 2.81. The lowest BCUT2D eigenvalue weighted by atomic mass is 10.4. The molecule has 0 aromatic carbocycles. The van der Waals surface area contributed by atoms with Gasteiger partial charge in [0.15, 0.2) is 17.9 Å². The van der Waals surface area contributed by atoms with E-state index < -0.39 is 0 Å². The quantitative estimate of drug-likeness (QED) is 0.774. The monoisotopic (exact) mass is 231 g/mol. The number of aldehydes is 1. The van der Waals surface area contributed by atoms with E-state index in [0.717, 1.165) is 0 Å². The summed E-state index contributed by atoms with van der Waals surface area (Å²) in [5.41, 5.74) is 0. The van der Waals surface area contributed by atoms with Crippen molar-refractivity contribution in [2.75, 3.05) is 5.32 Å². The first-order valence-corrected chi connectivity index (χ1v) is 4.81. The van der Waals surface area contributed by atoms with E-state index in [4.69, 9.17) is 0 Å². The van der Waals surface area contributed by atoms with Crippen molar-refractivity contribution in [1.29, 1.82) is 0 Å². The first kappa shape index (κ1) is 10.9. The second kappa shape index (κ2) is 4.52. The number of anilines is 1. The van der Waals surface area contributed by atoms with Crippen LogP contribution in [0.2, 0.25) is 0 Å². The number of amides is 1. The van der Waals surface area contributed by atoms with Crippen LogP contribution in [0.5, 0.6) is 0 Å². The van der Waals surface area contributed by atoms with Crippen LogP contribution in [-0.4, -0.2) is 31.9 Å². The predicted molar refractivity (Wildman–Crippen MR) is 58.8 cm³/mol. The van der Waals surface area contributed by atoms with E-state index in [9.17, 15) is 9.59 Å². The highest BCUT2D eigenvalue weighted by Gasteiger charge is 2.06. The number of aromatic nitrogens is 4. The van der Waals surface area contributed by atoms with Crippen molar-refractivity contribution in [2.45, 2.75) is 6.92 Å². The standard InChI is InChI=1S/C10H9N5O2/c1-7(17)12-8-5-10(14-9(6-16)13-8)15-4-2-3-11-15/h2-6H,1H3,(H,12,13,14,17). The Morgan fingerprint density at radius 1 is 1.47 bits per heavy atom. The van der Waals surface area contributed by atoms with Gasteiger partial charge in [-0.1, -0.05) is 0 Å². The Morgan fingerprint density at radius 3 is 2.88 bits per heavy atom. The molecule has 2 aromatic rings. The highest BCUT2D eigenvalue weighted by Crippen LogP contribution is 2.09. The van der Waals surface area contributed by atoms with Crippen molar-refractivity contribution in [3.63, 3.8) is 0 Å². The molecule has 1 amide bonds. The summed E-state index contributed by atoms with van der Waals surface area (Å²) in [5.74, 6) is 0.393. The van der Waals surface area contributed by atoms with Gasteiger partial charge in [-0.05, 0) is 6.07 Å². The summed E-state index contributed by atoms with van der Waals surface area (Å²) < 4.78 is 1.47. The van der Waals surface area contributed by atoms with Gasteiger partial charge in [0.25, 0.3) is 0 Å². The van der Waals surface area contributed by atoms with Gasteiger partial charge >= 0.3 is 0 Å². The van der Waals surface area contributed by atoms with Gasteiger partial charge in [-0.25, -0.2) is 14.6 Å². The molecular weight excluding hydrogens is 222 g/mol. The number of nitrogens with zero attached hydrogens (tertiary/aromatic N) is 4. The molecule has 0 unspecified atom stereocenters. The number of hydrogen-bond donors (Lipinski definition) is 1. The van der Waals surface area contributed by atoms with Crippen LogP contribution in [0.1, 0.15) is 17.5 Å². The Kier molecular flexibility index (Phi) is 2.91.